The highest BCUT2D eigenvalue weighted by Crippen LogP contribution is 2.21. The Kier molecular flexibility index (Phi) is 4.40. The summed E-state index contributed by atoms with van der Waals surface area (Å²) in [6.07, 6.45) is 0. The highest BCUT2D eigenvalue weighted by atomic mass is 32.1. The van der Waals surface area contributed by atoms with Crippen LogP contribution in [0.4, 0.5) is 0 Å². The van der Waals surface area contributed by atoms with Crippen LogP contribution in [0, 0.1) is 17.5 Å². The molecule has 1 unspecified atom stereocenters. The van der Waals surface area contributed by atoms with Gasteiger partial charge in [0.2, 0.25) is 0 Å². The van der Waals surface area contributed by atoms with E-state index >= 15 is 0 Å². The van der Waals surface area contributed by atoms with Gasteiger partial charge in [-0.3, -0.25) is 0 Å². The van der Waals surface area contributed by atoms with Crippen LogP contribution in [-0.4, -0.2) is 23.0 Å². The number of methoxy groups -OCH3 is 1. The maximum absolute atomic E-state index is 11.5. The molecule has 1 aromatic rings. The quantitative estimate of drug-likeness (QED) is 0.665. The van der Waals surface area contributed by atoms with Crippen LogP contribution in [0.25, 0.3) is 0 Å². The van der Waals surface area contributed by atoms with Crippen molar-refractivity contribution in [1.82, 2.24) is 9.97 Å². The molecule has 1 aromatic heterocycles. The van der Waals surface area contributed by atoms with Crippen LogP contribution in [0.1, 0.15) is 48.6 Å². The van der Waals surface area contributed by atoms with E-state index in [0.717, 1.165) is 5.82 Å². The third-order valence-electron chi connectivity index (χ3n) is 2.95. The minimum Gasteiger partial charge on any atom is -0.465 e. The monoisotopic (exact) mass is 254 g/mol. The lowest BCUT2D eigenvalue weighted by molar-refractivity contribution is 0.0598. The largest absolute Gasteiger partial charge is 0.465 e. The van der Waals surface area contributed by atoms with E-state index in [1.807, 2.05) is 0 Å². The minimum atomic E-state index is -0.444. The van der Waals surface area contributed by atoms with Gasteiger partial charge in [0.15, 0.2) is 0 Å². The molecule has 0 saturated carbocycles. The average Bonchev–Trinajstić information content (AvgIpc) is 2.26. The number of carbonyl (C=O) groups is 1. The number of nitrogens with zero attached hydrogens (tertiary/aromatic N) is 1. The number of rotatable bonds is 3. The molecular formula is C12H18N2O2S. The molecule has 0 saturated heterocycles. The molecule has 1 N–H and O–H groups in total. The van der Waals surface area contributed by atoms with E-state index in [-0.39, 0.29) is 5.92 Å². The summed E-state index contributed by atoms with van der Waals surface area (Å²) >= 11 is 5.14. The van der Waals surface area contributed by atoms with Gasteiger partial charge in [-0.1, -0.05) is 33.0 Å². The van der Waals surface area contributed by atoms with Crippen molar-refractivity contribution in [3.63, 3.8) is 0 Å². The summed E-state index contributed by atoms with van der Waals surface area (Å²) in [5.74, 6) is 1.09. The third-order valence-corrected chi connectivity index (χ3v) is 3.24. The van der Waals surface area contributed by atoms with Crippen molar-refractivity contribution in [2.75, 3.05) is 7.11 Å². The summed E-state index contributed by atoms with van der Waals surface area (Å²) in [7, 11) is 1.33. The van der Waals surface area contributed by atoms with E-state index in [2.05, 4.69) is 35.5 Å². The average molecular weight is 254 g/mol. The van der Waals surface area contributed by atoms with Gasteiger partial charge in [0.25, 0.3) is 0 Å². The number of esters is 1. The Morgan fingerprint density at radius 1 is 1.41 bits per heavy atom. The number of carbonyl (C=O) groups excluding carboxylic acids is 1. The lowest BCUT2D eigenvalue weighted by Gasteiger charge is -2.16. The second-order valence-electron chi connectivity index (χ2n) is 4.45. The topological polar surface area (TPSA) is 55.0 Å². The zero-order valence-corrected chi connectivity index (χ0v) is 11.6. The minimum absolute atomic E-state index is 0.266. The predicted molar refractivity (Wildman–Crippen MR) is 68.8 cm³/mol. The zero-order chi connectivity index (χ0) is 13.2. The number of nitrogens with one attached hydrogen (secondary N) is 1. The van der Waals surface area contributed by atoms with Gasteiger partial charge < -0.3 is 9.72 Å². The molecule has 1 atom stereocenters. The second kappa shape index (κ2) is 5.40. The number of aromatic nitrogens is 2. The lowest BCUT2D eigenvalue weighted by Crippen LogP contribution is -2.13. The summed E-state index contributed by atoms with van der Waals surface area (Å²) in [6, 6.07) is 0. The summed E-state index contributed by atoms with van der Waals surface area (Å²) in [4.78, 5) is 18.9. The Balaban J connectivity index is 3.28. The standard InChI is InChI=1S/C12H18N2O2S/c1-6(2)7(3)10-13-8(4)9(11(17)14-10)12(15)16-5/h6-7H,1-5H3,(H,13,14,17). The molecule has 0 amide bonds. The third kappa shape index (κ3) is 2.91. The fraction of sp³-hybridized carbons (Fsp3) is 0.583. The molecule has 0 aliphatic rings. The van der Waals surface area contributed by atoms with Gasteiger partial charge in [0, 0.05) is 11.6 Å². The molecule has 4 nitrogen and oxygen atoms in total. The van der Waals surface area contributed by atoms with E-state index < -0.39 is 5.97 Å². The van der Waals surface area contributed by atoms with Crippen LogP contribution in [0.3, 0.4) is 0 Å². The molecule has 94 valence electrons. The molecule has 0 bridgehead atoms. The first-order valence-corrected chi connectivity index (χ1v) is 5.98. The lowest BCUT2D eigenvalue weighted by atomic mass is 9.97. The highest BCUT2D eigenvalue weighted by molar-refractivity contribution is 7.71. The van der Waals surface area contributed by atoms with Crippen molar-refractivity contribution in [2.24, 2.45) is 5.92 Å². The maximum atomic E-state index is 11.5. The van der Waals surface area contributed by atoms with E-state index in [9.17, 15) is 4.79 Å². The van der Waals surface area contributed by atoms with Crippen molar-refractivity contribution in [3.05, 3.63) is 21.7 Å². The van der Waals surface area contributed by atoms with Crippen LogP contribution in [-0.2, 0) is 4.74 Å². The molecule has 0 radical (unpaired) electrons. The van der Waals surface area contributed by atoms with Gasteiger partial charge in [0.05, 0.1) is 7.11 Å². The highest BCUT2D eigenvalue weighted by Gasteiger charge is 2.18. The molecule has 1 rings (SSSR count). The number of hydrogen-bond acceptors (Lipinski definition) is 4. The Morgan fingerprint density at radius 2 is 2.00 bits per heavy atom. The number of aromatic amines is 1. The first kappa shape index (κ1) is 13.8. The Bertz CT molecular complexity index is 480. The van der Waals surface area contributed by atoms with Gasteiger partial charge in [-0.2, -0.15) is 0 Å². The first-order valence-electron chi connectivity index (χ1n) is 5.57. The SMILES string of the molecule is COC(=O)c1c(C)[nH]c(C(C)C(C)C)nc1=S. The molecule has 0 aliphatic heterocycles. The Morgan fingerprint density at radius 3 is 2.41 bits per heavy atom. The number of H-pyrrole nitrogens is 1. The van der Waals surface area contributed by atoms with Crippen molar-refractivity contribution < 1.29 is 9.53 Å². The van der Waals surface area contributed by atoms with Gasteiger partial charge >= 0.3 is 5.97 Å². The fourth-order valence-corrected chi connectivity index (χ4v) is 1.82. The van der Waals surface area contributed by atoms with Crippen LogP contribution >= 0.6 is 12.2 Å². The van der Waals surface area contributed by atoms with Crippen molar-refractivity contribution >= 4 is 18.2 Å². The summed E-state index contributed by atoms with van der Waals surface area (Å²) in [5.41, 5.74) is 1.06. The zero-order valence-electron chi connectivity index (χ0n) is 10.8. The number of aryl methyl sites for hydroxylation is 1. The Hall–Kier alpha value is -1.23. The molecule has 0 spiro atoms. The van der Waals surface area contributed by atoms with E-state index in [4.69, 9.17) is 12.2 Å². The fourth-order valence-electron chi connectivity index (χ4n) is 1.48. The first-order chi connectivity index (χ1) is 7.88. The summed E-state index contributed by atoms with van der Waals surface area (Å²) in [6.45, 7) is 8.12. The van der Waals surface area contributed by atoms with Crippen molar-refractivity contribution in [2.45, 2.75) is 33.6 Å². The summed E-state index contributed by atoms with van der Waals surface area (Å²) in [5, 5.41) is 0. The number of ether oxygens (including phenoxy) is 1. The van der Waals surface area contributed by atoms with Crippen LogP contribution in [0.15, 0.2) is 0 Å². The van der Waals surface area contributed by atoms with Gasteiger partial charge in [0.1, 0.15) is 16.0 Å². The summed E-state index contributed by atoms with van der Waals surface area (Å²) < 4.78 is 4.98. The molecule has 0 fully saturated rings. The Labute approximate surface area is 106 Å². The predicted octanol–water partition coefficient (Wildman–Crippen LogP) is 2.99. The smallest absolute Gasteiger partial charge is 0.342 e. The van der Waals surface area contributed by atoms with Crippen molar-refractivity contribution in [1.29, 1.82) is 0 Å². The van der Waals surface area contributed by atoms with E-state index in [1.165, 1.54) is 7.11 Å². The van der Waals surface area contributed by atoms with Crippen LogP contribution < -0.4 is 0 Å². The molecule has 0 aromatic carbocycles. The molecule has 17 heavy (non-hydrogen) atoms. The van der Waals surface area contributed by atoms with E-state index in [1.54, 1.807) is 6.92 Å². The number of hydrogen-bond donors (Lipinski definition) is 1. The maximum Gasteiger partial charge on any atom is 0.342 e. The van der Waals surface area contributed by atoms with Crippen LogP contribution in [0.5, 0.6) is 0 Å². The molecular weight excluding hydrogens is 236 g/mol. The van der Waals surface area contributed by atoms with E-state index in [0.29, 0.717) is 21.8 Å². The van der Waals surface area contributed by atoms with Gasteiger partial charge in [-0.25, -0.2) is 9.78 Å². The molecule has 1 heterocycles. The molecule has 5 heteroatoms. The normalized spacial score (nSPS) is 12.6. The van der Waals surface area contributed by atoms with Gasteiger partial charge in [-0.05, 0) is 12.8 Å². The van der Waals surface area contributed by atoms with Crippen molar-refractivity contribution in [3.8, 4) is 0 Å². The second-order valence-corrected chi connectivity index (χ2v) is 4.84. The molecule has 0 aliphatic carbocycles. The van der Waals surface area contributed by atoms with Gasteiger partial charge in [-0.15, -0.1) is 0 Å². The van der Waals surface area contributed by atoms with Crippen LogP contribution in [0.2, 0.25) is 0 Å².